The molecule has 12 nitrogen and oxygen atoms in total. The summed E-state index contributed by atoms with van der Waals surface area (Å²) in [4.78, 5) is 51.6. The number of anilines is 4. The van der Waals surface area contributed by atoms with Crippen molar-refractivity contribution in [3.05, 3.63) is 94.2 Å². The second-order valence-corrected chi connectivity index (χ2v) is 18.3. The summed E-state index contributed by atoms with van der Waals surface area (Å²) in [5, 5.41) is 8.52. The molecule has 2 saturated heterocycles. The first-order valence-corrected chi connectivity index (χ1v) is 22.5. The number of nitrogens with one attached hydrogen (secondary N) is 2. The number of amides is 4. The van der Waals surface area contributed by atoms with E-state index in [-0.39, 0.29) is 24.1 Å². The van der Waals surface area contributed by atoms with E-state index in [0.717, 1.165) is 51.3 Å². The smallest absolute Gasteiger partial charge is 0.324 e. The first kappa shape index (κ1) is 42.4. The summed E-state index contributed by atoms with van der Waals surface area (Å²) in [5.74, 6) is 2.15. The Morgan fingerprint density at radius 1 is 0.729 bits per heavy atom. The van der Waals surface area contributed by atoms with Crippen molar-refractivity contribution < 1.29 is 9.59 Å². The molecule has 310 valence electrons. The summed E-state index contributed by atoms with van der Waals surface area (Å²) in [6.07, 6.45) is 6.69. The van der Waals surface area contributed by atoms with Crippen molar-refractivity contribution >= 4 is 100 Å². The Hall–Kier alpha value is -4.76. The van der Waals surface area contributed by atoms with Gasteiger partial charge in [0.2, 0.25) is 0 Å². The third-order valence-corrected chi connectivity index (χ3v) is 12.8. The molecule has 0 radical (unpaired) electrons. The molecule has 2 atom stereocenters. The van der Waals surface area contributed by atoms with Crippen LogP contribution in [0, 0.1) is 5.92 Å². The van der Waals surface area contributed by atoms with Gasteiger partial charge in [-0.1, -0.05) is 85.2 Å². The van der Waals surface area contributed by atoms with Gasteiger partial charge in [0.1, 0.15) is 11.6 Å². The van der Waals surface area contributed by atoms with Crippen LogP contribution in [0.1, 0.15) is 52.2 Å². The Balaban J connectivity index is 0.000000179. The number of nitrogens with zero attached hydrogens (tertiary/aromatic N) is 8. The van der Waals surface area contributed by atoms with E-state index in [1.165, 1.54) is 33.8 Å². The molecule has 16 heteroatoms. The Morgan fingerprint density at radius 3 is 1.64 bits per heavy atom. The number of benzene rings is 2. The number of hydrogen-bond donors (Lipinski definition) is 2. The number of carbonyl (C=O) groups excluding carboxylic acids is 2. The van der Waals surface area contributed by atoms with Gasteiger partial charge in [-0.3, -0.25) is 10.6 Å². The number of aromatic nitrogens is 4. The molecule has 8 rings (SSSR count). The van der Waals surface area contributed by atoms with Gasteiger partial charge in [-0.15, -0.1) is 0 Å². The molecule has 2 fully saturated rings. The number of pyridine rings is 2. The van der Waals surface area contributed by atoms with Crippen molar-refractivity contribution in [1.29, 1.82) is 0 Å². The molecule has 2 N–H and O–H groups in total. The molecule has 0 aliphatic carbocycles. The van der Waals surface area contributed by atoms with Gasteiger partial charge in [-0.05, 0) is 92.3 Å². The SMILES string of the molecule is CC(C)Cc1ccc2nc(NC(=O)N3CCN(c4ncccc4Cl)C[C@H]3C)sc2c1.CCCc1ccc2nc(NC(=O)N3CCN(c4ncccc4Cl)C[C@H]3C)sc2c1. The molecule has 6 heterocycles. The molecule has 4 amide bonds. The van der Waals surface area contributed by atoms with Gasteiger partial charge in [0.05, 0.1) is 30.5 Å². The van der Waals surface area contributed by atoms with Crippen molar-refractivity contribution in [3.63, 3.8) is 0 Å². The second-order valence-electron chi connectivity index (χ2n) is 15.4. The highest BCUT2D eigenvalue weighted by Crippen LogP contribution is 2.31. The standard InChI is InChI=1S/C22H26ClN5OS.C21H24ClN5OS/c1-14(2)11-16-6-7-18-19(12-16)30-21(25-18)26-22(29)28-10-9-27(13-15(28)3)20-17(23)5-4-8-24-20;1-3-5-15-7-8-17-18(12-15)29-20(24-17)25-21(28)27-11-10-26(13-14(27)2)19-16(22)6-4-9-23-19/h4-8,12,14-15H,9-11,13H2,1-3H3,(H,25,26,29);4,6-9,12,14H,3,5,10-11,13H2,1-2H3,(H,24,25,28)/t15-;14-/m11/s1. The van der Waals surface area contributed by atoms with E-state index in [0.29, 0.717) is 65.5 Å². The highest BCUT2D eigenvalue weighted by Gasteiger charge is 2.31. The monoisotopic (exact) mass is 872 g/mol. The van der Waals surface area contributed by atoms with Crippen LogP contribution in [0.2, 0.25) is 10.0 Å². The first-order valence-electron chi connectivity index (χ1n) is 20.1. The number of rotatable bonds is 8. The molecule has 2 aliphatic heterocycles. The quantitative estimate of drug-likeness (QED) is 0.155. The maximum absolute atomic E-state index is 12.9. The molecular formula is C43H50Cl2N10O2S2. The van der Waals surface area contributed by atoms with E-state index in [1.807, 2.05) is 60.0 Å². The lowest BCUT2D eigenvalue weighted by Gasteiger charge is -2.40. The van der Waals surface area contributed by atoms with Crippen LogP contribution in [-0.2, 0) is 12.8 Å². The van der Waals surface area contributed by atoms with E-state index >= 15 is 0 Å². The summed E-state index contributed by atoms with van der Waals surface area (Å²) in [5.41, 5.74) is 4.45. The fraction of sp³-hybridized carbons (Fsp3) is 0.395. The minimum Gasteiger partial charge on any atom is -0.352 e. The van der Waals surface area contributed by atoms with E-state index < -0.39 is 0 Å². The molecular weight excluding hydrogens is 824 g/mol. The normalized spacial score (nSPS) is 17.0. The molecule has 0 unspecified atom stereocenters. The summed E-state index contributed by atoms with van der Waals surface area (Å²) in [7, 11) is 0. The Bertz CT molecular complexity index is 2410. The van der Waals surface area contributed by atoms with E-state index in [1.54, 1.807) is 12.4 Å². The Labute approximate surface area is 363 Å². The Kier molecular flexibility index (Phi) is 13.7. The van der Waals surface area contributed by atoms with Crippen molar-refractivity contribution in [3.8, 4) is 0 Å². The van der Waals surface area contributed by atoms with E-state index in [9.17, 15) is 9.59 Å². The zero-order valence-corrected chi connectivity index (χ0v) is 37.1. The van der Waals surface area contributed by atoms with Gasteiger partial charge in [0.15, 0.2) is 10.3 Å². The summed E-state index contributed by atoms with van der Waals surface area (Å²) in [6, 6.07) is 19.8. The van der Waals surface area contributed by atoms with Crippen LogP contribution in [-0.4, -0.2) is 93.2 Å². The predicted molar refractivity (Wildman–Crippen MR) is 245 cm³/mol. The minimum atomic E-state index is -0.115. The van der Waals surface area contributed by atoms with Crippen LogP contribution < -0.4 is 20.4 Å². The number of fused-ring (bicyclic) bond motifs is 2. The Morgan fingerprint density at radius 2 is 1.20 bits per heavy atom. The van der Waals surface area contributed by atoms with Crippen LogP contribution in [0.25, 0.3) is 20.4 Å². The van der Waals surface area contributed by atoms with E-state index in [4.69, 9.17) is 23.2 Å². The molecule has 0 saturated carbocycles. The van der Waals surface area contributed by atoms with Crippen molar-refractivity contribution in [2.45, 2.75) is 66.0 Å². The summed E-state index contributed by atoms with van der Waals surface area (Å²) < 4.78 is 2.21. The van der Waals surface area contributed by atoms with Crippen LogP contribution in [0.15, 0.2) is 73.1 Å². The summed E-state index contributed by atoms with van der Waals surface area (Å²) in [6.45, 7) is 14.6. The zero-order chi connectivity index (χ0) is 41.6. The number of carbonyl (C=O) groups is 2. The molecule has 0 spiro atoms. The van der Waals surface area contributed by atoms with Gasteiger partial charge >= 0.3 is 12.1 Å². The van der Waals surface area contributed by atoms with Gasteiger partial charge in [0.25, 0.3) is 0 Å². The van der Waals surface area contributed by atoms with Gasteiger partial charge in [-0.25, -0.2) is 29.5 Å². The zero-order valence-electron chi connectivity index (χ0n) is 34.0. The summed E-state index contributed by atoms with van der Waals surface area (Å²) >= 11 is 15.6. The average Bonchev–Trinajstić information content (AvgIpc) is 3.80. The van der Waals surface area contributed by atoms with Crippen LogP contribution >= 0.6 is 45.9 Å². The number of piperazine rings is 2. The van der Waals surface area contributed by atoms with Gasteiger partial charge < -0.3 is 19.6 Å². The largest absolute Gasteiger partial charge is 0.352 e. The molecule has 2 aromatic carbocycles. The molecule has 4 aromatic heterocycles. The molecule has 6 aromatic rings. The molecule has 2 aliphatic rings. The predicted octanol–water partition coefficient (Wildman–Crippen LogP) is 10.3. The lowest BCUT2D eigenvalue weighted by Crippen LogP contribution is -2.55. The number of thiazole rings is 2. The maximum atomic E-state index is 12.9. The number of aryl methyl sites for hydroxylation is 1. The highest BCUT2D eigenvalue weighted by molar-refractivity contribution is 7.22. The molecule has 59 heavy (non-hydrogen) atoms. The van der Waals surface area contributed by atoms with Crippen molar-refractivity contribution in [2.75, 3.05) is 59.7 Å². The van der Waals surface area contributed by atoms with Crippen LogP contribution in [0.4, 0.5) is 31.5 Å². The average molecular weight is 874 g/mol. The van der Waals surface area contributed by atoms with Crippen molar-refractivity contribution in [2.24, 2.45) is 5.92 Å². The fourth-order valence-corrected chi connectivity index (χ4v) is 9.86. The van der Waals surface area contributed by atoms with Crippen molar-refractivity contribution in [1.82, 2.24) is 29.7 Å². The maximum Gasteiger partial charge on any atom is 0.324 e. The van der Waals surface area contributed by atoms with E-state index in [2.05, 4.69) is 85.4 Å². The topological polar surface area (TPSA) is 123 Å². The fourth-order valence-electron chi connectivity index (χ4n) is 7.54. The lowest BCUT2D eigenvalue weighted by atomic mass is 10.0. The first-order chi connectivity index (χ1) is 28.4. The molecule has 0 bridgehead atoms. The lowest BCUT2D eigenvalue weighted by molar-refractivity contribution is 0.184. The number of urea groups is 2. The van der Waals surface area contributed by atoms with Crippen LogP contribution in [0.3, 0.4) is 0 Å². The van der Waals surface area contributed by atoms with Crippen LogP contribution in [0.5, 0.6) is 0 Å². The van der Waals surface area contributed by atoms with Gasteiger partial charge in [-0.2, -0.15) is 0 Å². The minimum absolute atomic E-state index is 0.0313. The van der Waals surface area contributed by atoms with Gasteiger partial charge in [0, 0.05) is 63.7 Å². The highest BCUT2D eigenvalue weighted by atomic mass is 35.5. The number of halogens is 2. The second kappa shape index (κ2) is 19.1. The third-order valence-electron chi connectivity index (χ3n) is 10.4. The third kappa shape index (κ3) is 10.3. The number of hydrogen-bond acceptors (Lipinski definition) is 10.